The predicted octanol–water partition coefficient (Wildman–Crippen LogP) is 1.14. The molecule has 2 unspecified atom stereocenters. The summed E-state index contributed by atoms with van der Waals surface area (Å²) in [5.74, 6) is 0. The molecule has 3 heterocycles. The van der Waals surface area contributed by atoms with Crippen LogP contribution in [-0.2, 0) is 0 Å². The highest BCUT2D eigenvalue weighted by atomic mass is 15.7. The first-order valence-electron chi connectivity index (χ1n) is 8.23. The van der Waals surface area contributed by atoms with Gasteiger partial charge in [0.25, 0.3) is 0 Å². The Labute approximate surface area is 118 Å². The Kier molecular flexibility index (Phi) is 4.42. The van der Waals surface area contributed by atoms with Gasteiger partial charge in [-0.2, -0.15) is 0 Å². The lowest BCUT2D eigenvalue weighted by atomic mass is 9.98. The molecular formula is C15H30N4. The van der Waals surface area contributed by atoms with Gasteiger partial charge in [-0.05, 0) is 45.7 Å². The minimum absolute atomic E-state index is 0.779. The van der Waals surface area contributed by atoms with E-state index in [0.717, 1.165) is 18.1 Å². The van der Waals surface area contributed by atoms with Gasteiger partial charge in [-0.15, -0.1) is 0 Å². The van der Waals surface area contributed by atoms with Gasteiger partial charge in [0.05, 0.1) is 0 Å². The van der Waals surface area contributed by atoms with Crippen LogP contribution in [0, 0.1) is 0 Å². The van der Waals surface area contributed by atoms with Crippen molar-refractivity contribution < 1.29 is 0 Å². The Bertz CT molecular complexity index is 274. The first kappa shape index (κ1) is 13.8. The Morgan fingerprint density at radius 2 is 1.63 bits per heavy atom. The maximum absolute atomic E-state index is 3.75. The predicted molar refractivity (Wildman–Crippen MR) is 79.0 cm³/mol. The van der Waals surface area contributed by atoms with Crippen molar-refractivity contribution in [2.45, 2.75) is 57.2 Å². The molecule has 4 nitrogen and oxygen atoms in total. The highest BCUT2D eigenvalue weighted by molar-refractivity contribution is 4.97. The molecular weight excluding hydrogens is 236 g/mol. The van der Waals surface area contributed by atoms with E-state index in [1.165, 1.54) is 64.8 Å². The van der Waals surface area contributed by atoms with Gasteiger partial charge >= 0.3 is 0 Å². The van der Waals surface area contributed by atoms with Gasteiger partial charge < -0.3 is 10.2 Å². The van der Waals surface area contributed by atoms with Crippen molar-refractivity contribution in [2.24, 2.45) is 0 Å². The summed E-state index contributed by atoms with van der Waals surface area (Å²) in [5, 5.41) is 9.19. The molecule has 0 amide bonds. The molecule has 0 saturated carbocycles. The van der Waals surface area contributed by atoms with Crippen molar-refractivity contribution in [3.8, 4) is 0 Å². The van der Waals surface area contributed by atoms with Crippen LogP contribution in [0.2, 0.25) is 0 Å². The lowest BCUT2D eigenvalue weighted by Crippen LogP contribution is -2.60. The van der Waals surface area contributed by atoms with Crippen LogP contribution in [0.15, 0.2) is 0 Å². The molecule has 0 spiro atoms. The third-order valence-corrected chi connectivity index (χ3v) is 5.18. The largest absolute Gasteiger partial charge is 0.314 e. The average Bonchev–Trinajstić information content (AvgIpc) is 2.69. The summed E-state index contributed by atoms with van der Waals surface area (Å²) in [6.07, 6.45) is 6.82. The lowest BCUT2D eigenvalue weighted by molar-refractivity contribution is -0.109. The average molecular weight is 266 g/mol. The van der Waals surface area contributed by atoms with Crippen LogP contribution < -0.4 is 5.32 Å². The fraction of sp³-hybridized carbons (Fsp3) is 1.00. The fourth-order valence-electron chi connectivity index (χ4n) is 4.16. The number of piperidine rings is 1. The molecule has 0 aromatic rings. The second-order valence-electron chi connectivity index (χ2n) is 6.64. The van der Waals surface area contributed by atoms with E-state index in [0.29, 0.717) is 0 Å². The number of hydrogen-bond acceptors (Lipinski definition) is 4. The monoisotopic (exact) mass is 266 g/mol. The molecule has 2 bridgehead atoms. The number of hydrazine groups is 1. The van der Waals surface area contributed by atoms with Gasteiger partial charge in [0.15, 0.2) is 0 Å². The van der Waals surface area contributed by atoms with Gasteiger partial charge in [-0.25, -0.2) is 10.0 Å². The third-order valence-electron chi connectivity index (χ3n) is 5.18. The van der Waals surface area contributed by atoms with Crippen LogP contribution in [0.1, 0.15) is 39.0 Å². The van der Waals surface area contributed by atoms with Crippen LogP contribution >= 0.6 is 0 Å². The van der Waals surface area contributed by atoms with Gasteiger partial charge in [0, 0.05) is 44.3 Å². The molecule has 19 heavy (non-hydrogen) atoms. The van der Waals surface area contributed by atoms with E-state index in [4.69, 9.17) is 0 Å². The summed E-state index contributed by atoms with van der Waals surface area (Å²) in [6, 6.07) is 2.41. The van der Waals surface area contributed by atoms with Crippen LogP contribution in [0.4, 0.5) is 0 Å². The Morgan fingerprint density at radius 1 is 1.00 bits per heavy atom. The lowest BCUT2D eigenvalue weighted by Gasteiger charge is -2.48. The topological polar surface area (TPSA) is 21.8 Å². The zero-order chi connectivity index (χ0) is 13.2. The van der Waals surface area contributed by atoms with Crippen molar-refractivity contribution in [2.75, 3.05) is 39.8 Å². The highest BCUT2D eigenvalue weighted by Crippen LogP contribution is 2.37. The molecule has 0 aromatic carbocycles. The maximum atomic E-state index is 3.75. The zero-order valence-electron chi connectivity index (χ0n) is 12.6. The van der Waals surface area contributed by atoms with Crippen molar-refractivity contribution in [1.82, 2.24) is 20.2 Å². The second-order valence-corrected chi connectivity index (χ2v) is 6.64. The Balaban J connectivity index is 1.57. The summed E-state index contributed by atoms with van der Waals surface area (Å²) >= 11 is 0. The van der Waals surface area contributed by atoms with Crippen molar-refractivity contribution in [3.05, 3.63) is 0 Å². The molecule has 3 rings (SSSR count). The minimum Gasteiger partial charge on any atom is -0.314 e. The number of likely N-dealkylation sites (N-methyl/N-ethyl adjacent to an activating group) is 1. The first-order chi connectivity index (χ1) is 9.28. The SMILES string of the molecule is CCCNC1CC2CCC(C1)N2N1CCN(C)CC1. The molecule has 0 aromatic heterocycles. The molecule has 0 aliphatic carbocycles. The van der Waals surface area contributed by atoms with E-state index in [9.17, 15) is 0 Å². The maximum Gasteiger partial charge on any atom is 0.0264 e. The van der Waals surface area contributed by atoms with Gasteiger partial charge in [0.2, 0.25) is 0 Å². The van der Waals surface area contributed by atoms with Gasteiger partial charge in [-0.3, -0.25) is 0 Å². The highest BCUT2D eigenvalue weighted by Gasteiger charge is 2.43. The van der Waals surface area contributed by atoms with Crippen LogP contribution in [0.25, 0.3) is 0 Å². The van der Waals surface area contributed by atoms with Crippen LogP contribution in [-0.4, -0.2) is 72.8 Å². The van der Waals surface area contributed by atoms with E-state index in [2.05, 4.69) is 34.2 Å². The van der Waals surface area contributed by atoms with Crippen LogP contribution in [0.5, 0.6) is 0 Å². The number of nitrogens with zero attached hydrogens (tertiary/aromatic N) is 3. The second kappa shape index (κ2) is 6.08. The normalized spacial score (nSPS) is 37.9. The number of rotatable bonds is 4. The molecule has 0 radical (unpaired) electrons. The quantitative estimate of drug-likeness (QED) is 0.824. The first-order valence-corrected chi connectivity index (χ1v) is 8.23. The van der Waals surface area contributed by atoms with Gasteiger partial charge in [-0.1, -0.05) is 6.92 Å². The van der Waals surface area contributed by atoms with Crippen molar-refractivity contribution in [1.29, 1.82) is 0 Å². The summed E-state index contributed by atoms with van der Waals surface area (Å²) in [6.45, 7) is 8.38. The third kappa shape index (κ3) is 2.97. The molecule has 1 N–H and O–H groups in total. The van der Waals surface area contributed by atoms with Crippen molar-refractivity contribution >= 4 is 0 Å². The number of hydrogen-bond donors (Lipinski definition) is 1. The van der Waals surface area contributed by atoms with E-state index < -0.39 is 0 Å². The van der Waals surface area contributed by atoms with E-state index in [1.54, 1.807) is 0 Å². The summed E-state index contributed by atoms with van der Waals surface area (Å²) in [7, 11) is 2.24. The molecule has 4 heteroatoms. The molecule has 2 atom stereocenters. The Morgan fingerprint density at radius 3 is 2.21 bits per heavy atom. The van der Waals surface area contributed by atoms with E-state index >= 15 is 0 Å². The summed E-state index contributed by atoms with van der Waals surface area (Å²) < 4.78 is 0. The standard InChI is InChI=1S/C15H30N4/c1-3-6-16-13-11-14-4-5-15(12-13)19(14)18-9-7-17(2)8-10-18/h13-16H,3-12H2,1-2H3. The summed E-state index contributed by atoms with van der Waals surface area (Å²) in [4.78, 5) is 2.45. The number of piperazine rings is 1. The molecule has 3 saturated heterocycles. The number of nitrogens with one attached hydrogen (secondary N) is 1. The zero-order valence-corrected chi connectivity index (χ0v) is 12.6. The fourth-order valence-corrected chi connectivity index (χ4v) is 4.16. The molecule has 3 aliphatic rings. The van der Waals surface area contributed by atoms with E-state index in [1.807, 2.05) is 0 Å². The minimum atomic E-state index is 0.779. The van der Waals surface area contributed by atoms with Crippen LogP contribution in [0.3, 0.4) is 0 Å². The van der Waals surface area contributed by atoms with Gasteiger partial charge in [0.1, 0.15) is 0 Å². The smallest absolute Gasteiger partial charge is 0.0264 e. The molecule has 3 fully saturated rings. The Hall–Kier alpha value is -0.160. The number of fused-ring (bicyclic) bond motifs is 2. The molecule has 110 valence electrons. The molecule has 3 aliphatic heterocycles. The van der Waals surface area contributed by atoms with E-state index in [-0.39, 0.29) is 0 Å². The summed E-state index contributed by atoms with van der Waals surface area (Å²) in [5.41, 5.74) is 0. The van der Waals surface area contributed by atoms with Crippen molar-refractivity contribution in [3.63, 3.8) is 0 Å².